The molecular weight excluding hydrogens is 274 g/mol. The van der Waals surface area contributed by atoms with Gasteiger partial charge in [0, 0.05) is 10.6 Å². The van der Waals surface area contributed by atoms with Crippen molar-refractivity contribution in [3.05, 3.63) is 24.3 Å². The van der Waals surface area contributed by atoms with Crippen molar-refractivity contribution in [2.24, 2.45) is 11.8 Å². The average Bonchev–Trinajstić information content (AvgIpc) is 2.47. The minimum absolute atomic E-state index is 0.171. The van der Waals surface area contributed by atoms with Crippen LogP contribution < -0.4 is 5.32 Å². The maximum Gasteiger partial charge on any atom is 0.307 e. The number of thioether (sulfide) groups is 1. The molecule has 0 aromatic heterocycles. The number of hydrogen-bond acceptors (Lipinski definition) is 3. The number of carboxylic acids is 1. The topological polar surface area (TPSA) is 66.4 Å². The van der Waals surface area contributed by atoms with Crippen LogP contribution in [0, 0.1) is 11.8 Å². The second kappa shape index (κ2) is 6.79. The SMILES string of the molecule is CSc1cccc(NC(=O)C2CCCCC2C(=O)O)c1. The summed E-state index contributed by atoms with van der Waals surface area (Å²) in [5, 5.41) is 12.1. The Bertz CT molecular complexity index is 504. The zero-order valence-electron chi connectivity index (χ0n) is 11.5. The molecule has 0 aliphatic heterocycles. The van der Waals surface area contributed by atoms with Gasteiger partial charge in [-0.2, -0.15) is 0 Å². The fraction of sp³-hybridized carbons (Fsp3) is 0.467. The lowest BCUT2D eigenvalue weighted by molar-refractivity contribution is -0.147. The van der Waals surface area contributed by atoms with E-state index in [0.29, 0.717) is 12.8 Å². The lowest BCUT2D eigenvalue weighted by Gasteiger charge is -2.27. The number of hydrogen-bond donors (Lipinski definition) is 2. The Hall–Kier alpha value is -1.49. The summed E-state index contributed by atoms with van der Waals surface area (Å²) in [6.07, 6.45) is 5.04. The molecule has 20 heavy (non-hydrogen) atoms. The fourth-order valence-electron chi connectivity index (χ4n) is 2.68. The van der Waals surface area contributed by atoms with Crippen molar-refractivity contribution in [3.63, 3.8) is 0 Å². The van der Waals surface area contributed by atoms with Gasteiger partial charge in [-0.15, -0.1) is 11.8 Å². The van der Waals surface area contributed by atoms with Gasteiger partial charge in [-0.25, -0.2) is 0 Å². The highest BCUT2D eigenvalue weighted by molar-refractivity contribution is 7.98. The fourth-order valence-corrected chi connectivity index (χ4v) is 3.14. The van der Waals surface area contributed by atoms with Crippen LogP contribution in [-0.2, 0) is 9.59 Å². The quantitative estimate of drug-likeness (QED) is 0.836. The zero-order valence-corrected chi connectivity index (χ0v) is 12.3. The highest BCUT2D eigenvalue weighted by Gasteiger charge is 2.35. The molecule has 1 aliphatic carbocycles. The number of benzene rings is 1. The van der Waals surface area contributed by atoms with Crippen molar-refractivity contribution >= 4 is 29.3 Å². The van der Waals surface area contributed by atoms with Gasteiger partial charge in [0.1, 0.15) is 0 Å². The summed E-state index contributed by atoms with van der Waals surface area (Å²) in [5.74, 6) is -2.00. The number of aliphatic carboxylic acids is 1. The van der Waals surface area contributed by atoms with E-state index >= 15 is 0 Å². The molecule has 2 rings (SSSR count). The van der Waals surface area contributed by atoms with Gasteiger partial charge < -0.3 is 10.4 Å². The first-order chi connectivity index (χ1) is 9.61. The van der Waals surface area contributed by atoms with Crippen LogP contribution >= 0.6 is 11.8 Å². The first kappa shape index (κ1) is 14.9. The third kappa shape index (κ3) is 3.54. The van der Waals surface area contributed by atoms with E-state index in [9.17, 15) is 14.7 Å². The molecule has 1 saturated carbocycles. The maximum absolute atomic E-state index is 12.3. The van der Waals surface area contributed by atoms with Gasteiger partial charge in [0.15, 0.2) is 0 Å². The number of carboxylic acid groups (broad SMARTS) is 1. The third-order valence-corrected chi connectivity index (χ3v) is 4.48. The van der Waals surface area contributed by atoms with Crippen molar-refractivity contribution < 1.29 is 14.7 Å². The minimum Gasteiger partial charge on any atom is -0.481 e. The Morgan fingerprint density at radius 2 is 1.95 bits per heavy atom. The predicted molar refractivity (Wildman–Crippen MR) is 79.9 cm³/mol. The van der Waals surface area contributed by atoms with Gasteiger partial charge in [-0.05, 0) is 37.3 Å². The normalized spacial score (nSPS) is 22.2. The van der Waals surface area contributed by atoms with Gasteiger partial charge in [0.2, 0.25) is 5.91 Å². The smallest absolute Gasteiger partial charge is 0.307 e. The van der Waals surface area contributed by atoms with Crippen molar-refractivity contribution in [2.45, 2.75) is 30.6 Å². The van der Waals surface area contributed by atoms with Crippen LogP contribution in [0.15, 0.2) is 29.2 Å². The van der Waals surface area contributed by atoms with Crippen LogP contribution in [0.5, 0.6) is 0 Å². The number of nitrogens with one attached hydrogen (secondary N) is 1. The van der Waals surface area contributed by atoms with Gasteiger partial charge in [-0.1, -0.05) is 18.9 Å². The van der Waals surface area contributed by atoms with Gasteiger partial charge >= 0.3 is 5.97 Å². The van der Waals surface area contributed by atoms with Crippen LogP contribution in [0.3, 0.4) is 0 Å². The van der Waals surface area contributed by atoms with Crippen molar-refractivity contribution in [3.8, 4) is 0 Å². The molecule has 1 fully saturated rings. The summed E-state index contributed by atoms with van der Waals surface area (Å²) >= 11 is 1.61. The summed E-state index contributed by atoms with van der Waals surface area (Å²) in [5.41, 5.74) is 0.733. The molecular formula is C15H19NO3S. The number of carbonyl (C=O) groups is 2. The summed E-state index contributed by atoms with van der Waals surface area (Å²) in [6, 6.07) is 7.59. The molecule has 0 saturated heterocycles. The Balaban J connectivity index is 2.07. The van der Waals surface area contributed by atoms with Crippen LogP contribution in [0.25, 0.3) is 0 Å². The average molecular weight is 293 g/mol. The minimum atomic E-state index is -0.859. The van der Waals surface area contributed by atoms with Crippen molar-refractivity contribution in [1.29, 1.82) is 0 Å². The van der Waals surface area contributed by atoms with Gasteiger partial charge in [0.05, 0.1) is 11.8 Å². The van der Waals surface area contributed by atoms with Crippen molar-refractivity contribution in [2.75, 3.05) is 11.6 Å². The van der Waals surface area contributed by atoms with E-state index in [1.807, 2.05) is 30.5 Å². The van der Waals surface area contributed by atoms with E-state index in [0.717, 1.165) is 23.4 Å². The summed E-state index contributed by atoms with van der Waals surface area (Å²) in [7, 11) is 0. The van der Waals surface area contributed by atoms with E-state index in [4.69, 9.17) is 0 Å². The lowest BCUT2D eigenvalue weighted by atomic mass is 9.78. The highest BCUT2D eigenvalue weighted by Crippen LogP contribution is 2.31. The standard InChI is InChI=1S/C15H19NO3S/c1-20-11-6-4-5-10(9-11)16-14(17)12-7-2-3-8-13(12)15(18)19/h4-6,9,12-13H,2-3,7-8H2,1H3,(H,16,17)(H,18,19). The molecule has 0 heterocycles. The Labute approximate surface area is 123 Å². The molecule has 1 amide bonds. The first-order valence-corrected chi connectivity index (χ1v) is 8.02. The molecule has 1 aromatic rings. The van der Waals surface area contributed by atoms with Gasteiger partial charge in [-0.3, -0.25) is 9.59 Å². The molecule has 5 heteroatoms. The van der Waals surface area contributed by atoms with Gasteiger partial charge in [0.25, 0.3) is 0 Å². The molecule has 1 aromatic carbocycles. The Morgan fingerprint density at radius 3 is 2.60 bits per heavy atom. The molecule has 108 valence electrons. The number of anilines is 1. The van der Waals surface area contributed by atoms with E-state index in [-0.39, 0.29) is 5.91 Å². The number of carbonyl (C=O) groups excluding carboxylic acids is 1. The number of rotatable bonds is 4. The molecule has 2 unspecified atom stereocenters. The maximum atomic E-state index is 12.3. The molecule has 4 nitrogen and oxygen atoms in total. The summed E-state index contributed by atoms with van der Waals surface area (Å²) in [4.78, 5) is 24.6. The predicted octanol–water partition coefficient (Wildman–Crippen LogP) is 3.24. The third-order valence-electron chi connectivity index (χ3n) is 3.76. The van der Waals surface area contributed by atoms with Crippen LogP contribution in [-0.4, -0.2) is 23.2 Å². The molecule has 0 spiro atoms. The second-order valence-corrected chi connectivity index (χ2v) is 5.94. The Kier molecular flexibility index (Phi) is 5.06. The van der Waals surface area contributed by atoms with E-state index in [1.165, 1.54) is 0 Å². The lowest BCUT2D eigenvalue weighted by Crippen LogP contribution is -2.36. The molecule has 0 bridgehead atoms. The highest BCUT2D eigenvalue weighted by atomic mass is 32.2. The van der Waals surface area contributed by atoms with Crippen LogP contribution in [0.1, 0.15) is 25.7 Å². The molecule has 2 atom stereocenters. The van der Waals surface area contributed by atoms with E-state index in [2.05, 4.69) is 5.32 Å². The zero-order chi connectivity index (χ0) is 14.5. The van der Waals surface area contributed by atoms with Crippen molar-refractivity contribution in [1.82, 2.24) is 0 Å². The first-order valence-electron chi connectivity index (χ1n) is 6.79. The Morgan fingerprint density at radius 1 is 1.25 bits per heavy atom. The molecule has 1 aliphatic rings. The number of amides is 1. The molecule has 2 N–H and O–H groups in total. The van der Waals surface area contributed by atoms with E-state index in [1.54, 1.807) is 11.8 Å². The van der Waals surface area contributed by atoms with Crippen LogP contribution in [0.4, 0.5) is 5.69 Å². The monoisotopic (exact) mass is 293 g/mol. The van der Waals surface area contributed by atoms with E-state index < -0.39 is 17.8 Å². The van der Waals surface area contributed by atoms with Crippen LogP contribution in [0.2, 0.25) is 0 Å². The summed E-state index contributed by atoms with van der Waals surface area (Å²) in [6.45, 7) is 0. The molecule has 0 radical (unpaired) electrons. The second-order valence-electron chi connectivity index (χ2n) is 5.06. The summed E-state index contributed by atoms with van der Waals surface area (Å²) < 4.78 is 0. The largest absolute Gasteiger partial charge is 0.481 e.